The fraction of sp³-hybridized carbons (Fsp3) is 0.692. The average Bonchev–Trinajstić information content (AvgIpc) is 3.29. The molecule has 4 saturated carbocycles. The Bertz CT molecular complexity index is 895. The molecule has 0 heterocycles. The molecule has 4 aliphatic carbocycles. The molecule has 6 heteroatoms. The largest absolute Gasteiger partial charge is 0.392 e. The Labute approximate surface area is 190 Å². The molecule has 4 N–H and O–H groups in total. The van der Waals surface area contributed by atoms with Crippen molar-refractivity contribution in [3.05, 3.63) is 24.3 Å². The molecule has 0 unspecified atom stereocenters. The van der Waals surface area contributed by atoms with Gasteiger partial charge in [0.2, 0.25) is 11.8 Å². The van der Waals surface area contributed by atoms with Crippen LogP contribution in [0.25, 0.3) is 0 Å². The van der Waals surface area contributed by atoms with Gasteiger partial charge in [-0.3, -0.25) is 9.59 Å². The van der Waals surface area contributed by atoms with Crippen molar-refractivity contribution in [3.63, 3.8) is 0 Å². The summed E-state index contributed by atoms with van der Waals surface area (Å²) in [7, 11) is 0. The van der Waals surface area contributed by atoms with Crippen LogP contribution in [0.3, 0.4) is 0 Å². The molecule has 4 fully saturated rings. The number of aliphatic hydroxyl groups is 2. The van der Waals surface area contributed by atoms with Crippen LogP contribution < -0.4 is 10.6 Å². The maximum absolute atomic E-state index is 13.6. The van der Waals surface area contributed by atoms with Gasteiger partial charge in [-0.2, -0.15) is 0 Å². The summed E-state index contributed by atoms with van der Waals surface area (Å²) < 4.78 is 0. The minimum atomic E-state index is -0.810. The number of aliphatic hydroxyl groups excluding tert-OH is 2. The highest BCUT2D eigenvalue weighted by Gasteiger charge is 2.69. The monoisotopic (exact) mass is 440 g/mol. The van der Waals surface area contributed by atoms with Gasteiger partial charge in [0.1, 0.15) is 0 Å². The summed E-state index contributed by atoms with van der Waals surface area (Å²) in [6.07, 6.45) is 3.28. The number of nitrogens with one attached hydrogen (secondary N) is 2. The van der Waals surface area contributed by atoms with E-state index in [1.807, 2.05) is 12.1 Å². The lowest BCUT2D eigenvalue weighted by Gasteiger charge is -2.39. The van der Waals surface area contributed by atoms with Crippen molar-refractivity contribution in [1.29, 1.82) is 0 Å². The van der Waals surface area contributed by atoms with E-state index in [1.165, 1.54) is 0 Å². The van der Waals surface area contributed by atoms with Crippen LogP contribution in [0.2, 0.25) is 0 Å². The summed E-state index contributed by atoms with van der Waals surface area (Å²) in [6, 6.07) is 7.23. The molecule has 4 aliphatic rings. The van der Waals surface area contributed by atoms with Gasteiger partial charge in [-0.05, 0) is 73.3 Å². The molecule has 1 aromatic carbocycles. The molecule has 6 atom stereocenters. The second kappa shape index (κ2) is 6.80. The van der Waals surface area contributed by atoms with Crippen molar-refractivity contribution in [3.8, 4) is 0 Å². The van der Waals surface area contributed by atoms with E-state index in [0.29, 0.717) is 48.9 Å². The van der Waals surface area contributed by atoms with E-state index in [1.54, 1.807) is 12.1 Å². The van der Waals surface area contributed by atoms with E-state index in [2.05, 4.69) is 38.3 Å². The summed E-state index contributed by atoms with van der Waals surface area (Å²) in [5.74, 6) is 0.353. The quantitative estimate of drug-likeness (QED) is 0.570. The minimum absolute atomic E-state index is 0.169. The molecule has 6 nitrogen and oxygen atoms in total. The molecule has 0 aromatic heterocycles. The molecule has 0 radical (unpaired) electrons. The number of anilines is 2. The number of fused-ring (bicyclic) bond motifs is 4. The summed E-state index contributed by atoms with van der Waals surface area (Å²) in [6.45, 7) is 8.36. The molecule has 1 aromatic rings. The second-order valence-electron chi connectivity index (χ2n) is 11.8. The Morgan fingerprint density at radius 3 is 1.44 bits per heavy atom. The van der Waals surface area contributed by atoms with Crippen molar-refractivity contribution in [2.75, 3.05) is 10.6 Å². The van der Waals surface area contributed by atoms with Crippen LogP contribution in [0.15, 0.2) is 24.3 Å². The van der Waals surface area contributed by atoms with Gasteiger partial charge >= 0.3 is 0 Å². The van der Waals surface area contributed by atoms with E-state index in [9.17, 15) is 19.8 Å². The first-order chi connectivity index (χ1) is 15.0. The van der Waals surface area contributed by atoms with Crippen LogP contribution in [0, 0.1) is 33.5 Å². The summed E-state index contributed by atoms with van der Waals surface area (Å²) in [4.78, 5) is 27.1. The Balaban J connectivity index is 1.41. The van der Waals surface area contributed by atoms with Crippen molar-refractivity contribution >= 4 is 23.2 Å². The van der Waals surface area contributed by atoms with Gasteiger partial charge in [-0.15, -0.1) is 0 Å². The number of benzene rings is 1. The van der Waals surface area contributed by atoms with Gasteiger partial charge in [0.25, 0.3) is 0 Å². The van der Waals surface area contributed by atoms with Crippen LogP contribution in [-0.4, -0.2) is 34.2 Å². The van der Waals surface area contributed by atoms with Crippen molar-refractivity contribution in [2.45, 2.75) is 78.4 Å². The van der Waals surface area contributed by atoms with Gasteiger partial charge in [0.15, 0.2) is 0 Å². The molecule has 174 valence electrons. The lowest BCUT2D eigenvalue weighted by molar-refractivity contribution is -0.138. The van der Waals surface area contributed by atoms with Crippen LogP contribution in [0.1, 0.15) is 66.2 Å². The molecule has 5 rings (SSSR count). The Hall–Kier alpha value is -1.92. The summed E-state index contributed by atoms with van der Waals surface area (Å²) in [5, 5.41) is 27.7. The topological polar surface area (TPSA) is 98.7 Å². The van der Waals surface area contributed by atoms with Crippen LogP contribution >= 0.6 is 0 Å². The van der Waals surface area contributed by atoms with Crippen molar-refractivity contribution < 1.29 is 19.8 Å². The number of carbonyl (C=O) groups excluding carboxylic acids is 2. The zero-order chi connectivity index (χ0) is 23.1. The zero-order valence-corrected chi connectivity index (χ0v) is 19.6. The predicted octanol–water partition coefficient (Wildman–Crippen LogP) is 3.94. The molecule has 32 heavy (non-hydrogen) atoms. The molecule has 0 aliphatic heterocycles. The zero-order valence-electron chi connectivity index (χ0n) is 19.6. The lowest BCUT2D eigenvalue weighted by Crippen LogP contribution is -2.49. The average molecular weight is 441 g/mol. The standard InChI is InChI=1S/C26H36N2O4/c1-23(2)15-9-11-25(23,19(29)13-15)21(31)27-17-7-5-6-8-18(17)28-22(32)26-12-10-16(14-20(26)30)24(26,3)4/h5-8,15-16,19-20,29-30H,9-14H2,1-4H3,(H,27,31)(H,28,32)/t15-,16-,19-,20-,25+,26+/m1/s1. The fourth-order valence-corrected chi connectivity index (χ4v) is 8.14. The van der Waals surface area contributed by atoms with Gasteiger partial charge in [-0.25, -0.2) is 0 Å². The first-order valence-corrected chi connectivity index (χ1v) is 12.1. The van der Waals surface area contributed by atoms with Crippen molar-refractivity contribution in [1.82, 2.24) is 0 Å². The molecule has 0 spiro atoms. The summed E-state index contributed by atoms with van der Waals surface area (Å²) >= 11 is 0. The maximum atomic E-state index is 13.6. The minimum Gasteiger partial charge on any atom is -0.392 e. The molecular formula is C26H36N2O4. The van der Waals surface area contributed by atoms with E-state index < -0.39 is 23.0 Å². The smallest absolute Gasteiger partial charge is 0.233 e. The van der Waals surface area contributed by atoms with Gasteiger partial charge < -0.3 is 20.8 Å². The number of carbonyl (C=O) groups is 2. The van der Waals surface area contributed by atoms with Gasteiger partial charge in [-0.1, -0.05) is 39.8 Å². The third-order valence-electron chi connectivity index (χ3n) is 10.5. The first kappa shape index (κ1) is 21.9. The molecule has 4 bridgehead atoms. The molecule has 0 saturated heterocycles. The number of amides is 2. The lowest BCUT2D eigenvalue weighted by atomic mass is 9.67. The van der Waals surface area contributed by atoms with Crippen LogP contribution in [0.5, 0.6) is 0 Å². The molecular weight excluding hydrogens is 404 g/mol. The summed E-state index contributed by atoms with van der Waals surface area (Å²) in [5.41, 5.74) is -1.09. The van der Waals surface area contributed by atoms with Gasteiger partial charge in [0.05, 0.1) is 34.4 Å². The van der Waals surface area contributed by atoms with E-state index >= 15 is 0 Å². The fourth-order valence-electron chi connectivity index (χ4n) is 8.14. The third kappa shape index (κ3) is 2.48. The van der Waals surface area contributed by atoms with Crippen molar-refractivity contribution in [2.24, 2.45) is 33.5 Å². The Morgan fingerprint density at radius 2 is 1.16 bits per heavy atom. The molecule has 2 amide bonds. The number of hydrogen-bond acceptors (Lipinski definition) is 4. The Kier molecular flexibility index (Phi) is 4.65. The second-order valence-corrected chi connectivity index (χ2v) is 11.8. The van der Waals surface area contributed by atoms with E-state index in [-0.39, 0.29) is 22.6 Å². The normalized spacial score (nSPS) is 40.4. The highest BCUT2D eigenvalue weighted by molar-refractivity contribution is 6.04. The van der Waals surface area contributed by atoms with Crippen LogP contribution in [-0.2, 0) is 9.59 Å². The van der Waals surface area contributed by atoms with Gasteiger partial charge in [0, 0.05) is 0 Å². The number of para-hydroxylation sites is 2. The van der Waals surface area contributed by atoms with E-state index in [4.69, 9.17) is 0 Å². The van der Waals surface area contributed by atoms with Crippen LogP contribution in [0.4, 0.5) is 11.4 Å². The predicted molar refractivity (Wildman–Crippen MR) is 123 cm³/mol. The van der Waals surface area contributed by atoms with E-state index in [0.717, 1.165) is 12.8 Å². The number of hydrogen-bond donors (Lipinski definition) is 4. The highest BCUT2D eigenvalue weighted by atomic mass is 16.3. The number of rotatable bonds is 4. The maximum Gasteiger partial charge on any atom is 0.233 e. The first-order valence-electron chi connectivity index (χ1n) is 12.1. The Morgan fingerprint density at radius 1 is 0.781 bits per heavy atom. The SMILES string of the molecule is CC1(C)[C@@H]2CC[C@@]1(C(=O)Nc1ccccc1NC(=O)[C@]13CC[C@H](C[C@H]1O)C3(C)C)[C@H](O)C2. The third-order valence-corrected chi connectivity index (χ3v) is 10.5. The highest BCUT2D eigenvalue weighted by Crippen LogP contribution is 2.67.